The molecule has 0 aliphatic carbocycles. The summed E-state index contributed by atoms with van der Waals surface area (Å²) in [6.07, 6.45) is 1.94. The van der Waals surface area contributed by atoms with E-state index in [9.17, 15) is 23.9 Å². The molecule has 0 unspecified atom stereocenters. The number of carbonyl (C=O) groups excluding carboxylic acids is 3. The van der Waals surface area contributed by atoms with Gasteiger partial charge in [-0.3, -0.25) is 19.3 Å². The van der Waals surface area contributed by atoms with Crippen LogP contribution in [0.25, 0.3) is 0 Å². The normalized spacial score (nSPS) is 24.5. The Hall–Kier alpha value is -2.52. The molecule has 0 aromatic heterocycles. The molecule has 0 radical (unpaired) electrons. The average molecular weight is 547 g/mol. The van der Waals surface area contributed by atoms with E-state index in [1.807, 2.05) is 42.2 Å². The Morgan fingerprint density at radius 1 is 1.15 bits per heavy atom. The number of carbonyl (C=O) groups is 3. The number of aliphatic hydroxyl groups is 1. The number of benzene rings is 1. The first kappa shape index (κ1) is 31.0. The topological polar surface area (TPSA) is 102 Å². The van der Waals surface area contributed by atoms with Gasteiger partial charge in [0.05, 0.1) is 12.1 Å². The predicted molar refractivity (Wildman–Crippen MR) is 150 cm³/mol. The fraction of sp³-hybridized carbons (Fsp3) is 0.700. The highest BCUT2D eigenvalue weighted by molar-refractivity contribution is 5.94. The minimum Gasteiger partial charge on any atom is -0.391 e. The average Bonchev–Trinajstić information content (AvgIpc) is 3.41. The molecule has 218 valence electrons. The van der Waals surface area contributed by atoms with Crippen molar-refractivity contribution in [3.05, 3.63) is 35.9 Å². The maximum atomic E-state index is 14.4. The van der Waals surface area contributed by atoms with Crippen LogP contribution in [0.5, 0.6) is 0 Å². The molecular formula is C30H47FN4O4. The van der Waals surface area contributed by atoms with Crippen LogP contribution in [0.15, 0.2) is 30.3 Å². The molecule has 3 amide bonds. The molecule has 0 bridgehead atoms. The summed E-state index contributed by atoms with van der Waals surface area (Å²) in [5.74, 6) is -1.09. The van der Waals surface area contributed by atoms with Gasteiger partial charge in [-0.1, -0.05) is 57.5 Å². The van der Waals surface area contributed by atoms with Crippen molar-refractivity contribution in [2.45, 2.75) is 103 Å². The Bertz CT molecular complexity index is 964. The lowest BCUT2D eigenvalue weighted by Gasteiger charge is -2.34. The number of aliphatic hydroxyl groups excluding tert-OH is 1. The zero-order chi connectivity index (χ0) is 28.6. The quantitative estimate of drug-likeness (QED) is 0.312. The maximum absolute atomic E-state index is 14.4. The Morgan fingerprint density at radius 3 is 2.54 bits per heavy atom. The van der Waals surface area contributed by atoms with Crippen molar-refractivity contribution in [2.75, 3.05) is 26.2 Å². The second-order valence-electron chi connectivity index (χ2n) is 11.4. The number of alkyl halides is 1. The molecule has 2 heterocycles. The van der Waals surface area contributed by atoms with Crippen LogP contribution in [-0.2, 0) is 20.8 Å². The SMILES string of the molecule is CCCCNC(=O)[C@H](C)C[C@H](O)[C@H](Cc1ccccc1)NC(=O)[C@H](C)N1CC[C@]2(C[C@H](F)CN2CCC)C1=O. The minimum atomic E-state index is -1.05. The van der Waals surface area contributed by atoms with Crippen LogP contribution in [0.2, 0.25) is 0 Å². The van der Waals surface area contributed by atoms with Crippen LogP contribution in [0.1, 0.15) is 71.8 Å². The van der Waals surface area contributed by atoms with Gasteiger partial charge in [-0.2, -0.15) is 0 Å². The van der Waals surface area contributed by atoms with Crippen molar-refractivity contribution in [1.29, 1.82) is 0 Å². The van der Waals surface area contributed by atoms with Crippen LogP contribution in [-0.4, -0.2) is 88.7 Å². The van der Waals surface area contributed by atoms with Gasteiger partial charge in [0.2, 0.25) is 17.7 Å². The monoisotopic (exact) mass is 546 g/mol. The third-order valence-electron chi connectivity index (χ3n) is 8.31. The molecule has 39 heavy (non-hydrogen) atoms. The first-order chi connectivity index (χ1) is 18.6. The molecule has 1 spiro atoms. The number of amides is 3. The van der Waals surface area contributed by atoms with E-state index in [1.54, 1.807) is 18.7 Å². The second kappa shape index (κ2) is 14.2. The van der Waals surface area contributed by atoms with Gasteiger partial charge in [-0.05, 0) is 51.1 Å². The van der Waals surface area contributed by atoms with Gasteiger partial charge in [-0.25, -0.2) is 4.39 Å². The standard InChI is InChI=1S/C30H47FN4O4/c1-5-7-14-32-27(37)21(3)17-26(36)25(18-23-11-9-8-10-12-23)33-28(38)22(4)35-16-13-30(29(35)39)19-24(31)20-34(30)15-6-2/h8-12,21-22,24-26,36H,5-7,13-20H2,1-4H3,(H,32,37)(H,33,38)/t21-,22+,24+,25+,26+,30+/m1/s1. The number of rotatable bonds is 14. The number of hydrogen-bond donors (Lipinski definition) is 3. The van der Waals surface area contributed by atoms with Gasteiger partial charge in [0.1, 0.15) is 17.8 Å². The summed E-state index contributed by atoms with van der Waals surface area (Å²) in [6, 6.07) is 8.16. The maximum Gasteiger partial charge on any atom is 0.243 e. The Morgan fingerprint density at radius 2 is 1.87 bits per heavy atom. The summed E-state index contributed by atoms with van der Waals surface area (Å²) in [4.78, 5) is 43.1. The molecule has 6 atom stereocenters. The summed E-state index contributed by atoms with van der Waals surface area (Å²) in [7, 11) is 0. The van der Waals surface area contributed by atoms with E-state index in [0.29, 0.717) is 32.5 Å². The van der Waals surface area contributed by atoms with Crippen molar-refractivity contribution in [3.8, 4) is 0 Å². The van der Waals surface area contributed by atoms with Crippen LogP contribution in [0, 0.1) is 5.92 Å². The second-order valence-corrected chi connectivity index (χ2v) is 11.4. The Labute approximate surface area is 232 Å². The molecule has 3 N–H and O–H groups in total. The molecule has 0 saturated carbocycles. The fourth-order valence-corrected chi connectivity index (χ4v) is 5.97. The molecule has 9 heteroatoms. The highest BCUT2D eigenvalue weighted by atomic mass is 19.1. The Kier molecular flexibility index (Phi) is 11.3. The number of hydrogen-bond acceptors (Lipinski definition) is 5. The van der Waals surface area contributed by atoms with Crippen molar-refractivity contribution in [2.24, 2.45) is 5.92 Å². The van der Waals surface area contributed by atoms with E-state index in [2.05, 4.69) is 17.6 Å². The summed E-state index contributed by atoms with van der Waals surface area (Å²) in [5.41, 5.74) is 0.0777. The summed E-state index contributed by atoms with van der Waals surface area (Å²) >= 11 is 0. The summed E-state index contributed by atoms with van der Waals surface area (Å²) in [5, 5.41) is 17.1. The number of likely N-dealkylation sites (tertiary alicyclic amines) is 2. The minimum absolute atomic E-state index is 0.118. The van der Waals surface area contributed by atoms with Crippen LogP contribution >= 0.6 is 0 Å². The number of halogens is 1. The van der Waals surface area contributed by atoms with E-state index in [0.717, 1.165) is 24.8 Å². The molecule has 2 aliphatic heterocycles. The van der Waals surface area contributed by atoms with E-state index in [4.69, 9.17) is 0 Å². The summed E-state index contributed by atoms with van der Waals surface area (Å²) < 4.78 is 14.4. The third kappa shape index (κ3) is 7.57. The summed E-state index contributed by atoms with van der Waals surface area (Å²) in [6.45, 7) is 9.43. The largest absolute Gasteiger partial charge is 0.391 e. The van der Waals surface area contributed by atoms with E-state index < -0.39 is 35.8 Å². The van der Waals surface area contributed by atoms with Gasteiger partial charge in [0.25, 0.3) is 0 Å². The third-order valence-corrected chi connectivity index (χ3v) is 8.31. The highest BCUT2D eigenvalue weighted by Gasteiger charge is 2.57. The van der Waals surface area contributed by atoms with Gasteiger partial charge >= 0.3 is 0 Å². The number of nitrogens with zero attached hydrogens (tertiary/aromatic N) is 2. The van der Waals surface area contributed by atoms with Crippen LogP contribution in [0.3, 0.4) is 0 Å². The van der Waals surface area contributed by atoms with E-state index in [-0.39, 0.29) is 37.1 Å². The number of unbranched alkanes of at least 4 members (excludes halogenated alkanes) is 1. The lowest BCUT2D eigenvalue weighted by atomic mass is 9.93. The Balaban J connectivity index is 1.69. The first-order valence-electron chi connectivity index (χ1n) is 14.6. The number of nitrogens with one attached hydrogen (secondary N) is 2. The van der Waals surface area contributed by atoms with Crippen molar-refractivity contribution in [3.63, 3.8) is 0 Å². The van der Waals surface area contributed by atoms with E-state index >= 15 is 0 Å². The molecule has 3 rings (SSSR count). The van der Waals surface area contributed by atoms with Gasteiger partial charge in [0, 0.05) is 32.0 Å². The first-order valence-corrected chi connectivity index (χ1v) is 14.6. The highest BCUT2D eigenvalue weighted by Crippen LogP contribution is 2.40. The molecule has 2 fully saturated rings. The smallest absolute Gasteiger partial charge is 0.243 e. The molecule has 2 saturated heterocycles. The fourth-order valence-electron chi connectivity index (χ4n) is 5.97. The molecule has 1 aromatic carbocycles. The zero-order valence-electron chi connectivity index (χ0n) is 24.0. The lowest BCUT2D eigenvalue weighted by Crippen LogP contribution is -2.56. The van der Waals surface area contributed by atoms with Gasteiger partial charge < -0.3 is 20.6 Å². The lowest BCUT2D eigenvalue weighted by molar-refractivity contribution is -0.143. The van der Waals surface area contributed by atoms with Gasteiger partial charge in [-0.15, -0.1) is 0 Å². The van der Waals surface area contributed by atoms with Crippen molar-refractivity contribution < 1.29 is 23.9 Å². The molecular weight excluding hydrogens is 499 g/mol. The van der Waals surface area contributed by atoms with E-state index in [1.165, 1.54) is 0 Å². The van der Waals surface area contributed by atoms with Gasteiger partial charge in [0.15, 0.2) is 0 Å². The van der Waals surface area contributed by atoms with Crippen LogP contribution in [0.4, 0.5) is 4.39 Å². The predicted octanol–water partition coefficient (Wildman–Crippen LogP) is 2.83. The van der Waals surface area contributed by atoms with Crippen molar-refractivity contribution in [1.82, 2.24) is 20.4 Å². The van der Waals surface area contributed by atoms with Crippen LogP contribution < -0.4 is 10.6 Å². The molecule has 1 aromatic rings. The zero-order valence-corrected chi connectivity index (χ0v) is 24.0. The molecule has 2 aliphatic rings. The molecule has 8 nitrogen and oxygen atoms in total. The van der Waals surface area contributed by atoms with Crippen molar-refractivity contribution >= 4 is 17.7 Å².